The van der Waals surface area contributed by atoms with Crippen molar-refractivity contribution in [2.45, 2.75) is 32.4 Å². The van der Waals surface area contributed by atoms with E-state index in [2.05, 4.69) is 29.5 Å². The van der Waals surface area contributed by atoms with Crippen LogP contribution in [0.1, 0.15) is 25.3 Å². The molecule has 0 saturated heterocycles. The molecule has 1 aliphatic heterocycles. The molecule has 6 nitrogen and oxygen atoms in total. The SMILES string of the molecule is CCCC1C=CCN1C(=O)NCc1cnn(-c2cccc(OC)c2)c1. The summed E-state index contributed by atoms with van der Waals surface area (Å²) in [7, 11) is 1.64. The van der Waals surface area contributed by atoms with Crippen LogP contribution in [0.4, 0.5) is 4.79 Å². The third-order valence-corrected chi connectivity index (χ3v) is 4.30. The van der Waals surface area contributed by atoms with Gasteiger partial charge in [-0.1, -0.05) is 31.6 Å². The Morgan fingerprint density at radius 1 is 1.44 bits per heavy atom. The van der Waals surface area contributed by atoms with Gasteiger partial charge >= 0.3 is 6.03 Å². The summed E-state index contributed by atoms with van der Waals surface area (Å²) in [6.07, 6.45) is 9.92. The molecule has 1 N–H and O–H groups in total. The molecule has 1 unspecified atom stereocenters. The molecule has 1 aliphatic rings. The van der Waals surface area contributed by atoms with E-state index >= 15 is 0 Å². The van der Waals surface area contributed by atoms with E-state index in [9.17, 15) is 4.79 Å². The second kappa shape index (κ2) is 7.88. The van der Waals surface area contributed by atoms with Gasteiger partial charge in [0.05, 0.1) is 25.0 Å². The summed E-state index contributed by atoms with van der Waals surface area (Å²) >= 11 is 0. The Morgan fingerprint density at radius 2 is 2.32 bits per heavy atom. The van der Waals surface area contributed by atoms with Gasteiger partial charge in [0.25, 0.3) is 0 Å². The highest BCUT2D eigenvalue weighted by molar-refractivity contribution is 5.75. The molecule has 0 spiro atoms. The summed E-state index contributed by atoms with van der Waals surface area (Å²) in [6, 6.07) is 7.88. The van der Waals surface area contributed by atoms with Gasteiger partial charge in [0.1, 0.15) is 5.75 Å². The largest absolute Gasteiger partial charge is 0.497 e. The third kappa shape index (κ3) is 4.02. The van der Waals surface area contributed by atoms with Crippen molar-refractivity contribution >= 4 is 6.03 Å². The number of aromatic nitrogens is 2. The molecule has 132 valence electrons. The minimum Gasteiger partial charge on any atom is -0.497 e. The van der Waals surface area contributed by atoms with Crippen molar-refractivity contribution in [1.82, 2.24) is 20.0 Å². The summed E-state index contributed by atoms with van der Waals surface area (Å²) in [5.74, 6) is 0.784. The Balaban J connectivity index is 1.59. The lowest BCUT2D eigenvalue weighted by Gasteiger charge is -2.24. The predicted molar refractivity (Wildman–Crippen MR) is 96.9 cm³/mol. The number of rotatable bonds is 6. The van der Waals surface area contributed by atoms with Crippen LogP contribution in [-0.4, -0.2) is 40.4 Å². The molecule has 2 aromatic rings. The highest BCUT2D eigenvalue weighted by Gasteiger charge is 2.23. The Labute approximate surface area is 148 Å². The molecule has 2 heterocycles. The maximum Gasteiger partial charge on any atom is 0.318 e. The zero-order valence-corrected chi connectivity index (χ0v) is 14.7. The van der Waals surface area contributed by atoms with Crippen LogP contribution in [0, 0.1) is 0 Å². The van der Waals surface area contributed by atoms with Crippen LogP contribution in [0.3, 0.4) is 0 Å². The number of nitrogens with zero attached hydrogens (tertiary/aromatic N) is 3. The zero-order valence-electron chi connectivity index (χ0n) is 14.7. The highest BCUT2D eigenvalue weighted by Crippen LogP contribution is 2.17. The number of urea groups is 1. The average molecular weight is 340 g/mol. The topological polar surface area (TPSA) is 59.4 Å². The molecular formula is C19H24N4O2. The number of methoxy groups -OCH3 is 1. The molecule has 6 heteroatoms. The van der Waals surface area contributed by atoms with Crippen molar-refractivity contribution in [3.63, 3.8) is 0 Å². The van der Waals surface area contributed by atoms with Crippen LogP contribution in [0.2, 0.25) is 0 Å². The number of carbonyl (C=O) groups excluding carboxylic acids is 1. The second-order valence-corrected chi connectivity index (χ2v) is 6.09. The second-order valence-electron chi connectivity index (χ2n) is 6.09. The first-order valence-electron chi connectivity index (χ1n) is 8.60. The molecular weight excluding hydrogens is 316 g/mol. The van der Waals surface area contributed by atoms with Gasteiger partial charge in [-0.25, -0.2) is 9.48 Å². The molecule has 2 amide bonds. The van der Waals surface area contributed by atoms with Crippen molar-refractivity contribution < 1.29 is 9.53 Å². The van der Waals surface area contributed by atoms with Gasteiger partial charge in [0, 0.05) is 30.9 Å². The van der Waals surface area contributed by atoms with E-state index in [0.29, 0.717) is 13.1 Å². The Kier molecular flexibility index (Phi) is 5.38. The summed E-state index contributed by atoms with van der Waals surface area (Å²) in [4.78, 5) is 14.3. The van der Waals surface area contributed by atoms with Crippen molar-refractivity contribution in [2.24, 2.45) is 0 Å². The van der Waals surface area contributed by atoms with Crippen LogP contribution in [-0.2, 0) is 6.54 Å². The predicted octanol–water partition coefficient (Wildman–Crippen LogP) is 3.13. The molecule has 0 saturated carbocycles. The Bertz CT molecular complexity index is 753. The van der Waals surface area contributed by atoms with Crippen LogP contribution < -0.4 is 10.1 Å². The number of hydrogen-bond donors (Lipinski definition) is 1. The first kappa shape index (κ1) is 17.1. The van der Waals surface area contributed by atoms with Crippen molar-refractivity contribution in [2.75, 3.05) is 13.7 Å². The fourth-order valence-corrected chi connectivity index (χ4v) is 2.98. The zero-order chi connectivity index (χ0) is 17.6. The van der Waals surface area contributed by atoms with E-state index in [-0.39, 0.29) is 12.1 Å². The lowest BCUT2D eigenvalue weighted by Crippen LogP contribution is -2.42. The van der Waals surface area contributed by atoms with Crippen molar-refractivity contribution in [3.05, 3.63) is 54.4 Å². The normalized spacial score (nSPS) is 16.2. The molecule has 1 atom stereocenters. The molecule has 0 aliphatic carbocycles. The molecule has 1 aromatic heterocycles. The maximum atomic E-state index is 12.4. The van der Waals surface area contributed by atoms with E-state index < -0.39 is 0 Å². The summed E-state index contributed by atoms with van der Waals surface area (Å²) in [6.45, 7) is 3.27. The number of nitrogens with one attached hydrogen (secondary N) is 1. The molecule has 25 heavy (non-hydrogen) atoms. The third-order valence-electron chi connectivity index (χ3n) is 4.30. The van der Waals surface area contributed by atoms with Gasteiger partial charge < -0.3 is 15.0 Å². The van der Waals surface area contributed by atoms with Crippen LogP contribution in [0.15, 0.2) is 48.8 Å². The molecule has 0 bridgehead atoms. The number of carbonyl (C=O) groups is 1. The first-order chi connectivity index (χ1) is 12.2. The smallest absolute Gasteiger partial charge is 0.318 e. The number of amides is 2. The van der Waals surface area contributed by atoms with Gasteiger partial charge in [-0.05, 0) is 18.6 Å². The molecule has 1 aromatic carbocycles. The highest BCUT2D eigenvalue weighted by atomic mass is 16.5. The van der Waals surface area contributed by atoms with E-state index in [1.165, 1.54) is 0 Å². The standard InChI is InChI=1S/C19H24N4O2/c1-3-6-16-8-5-10-22(16)19(24)20-12-15-13-21-23(14-15)17-7-4-9-18(11-17)25-2/h4-5,7-9,11,13-14,16H,3,6,10,12H2,1-2H3,(H,20,24). The van der Waals surface area contributed by atoms with Crippen LogP contribution in [0.5, 0.6) is 5.75 Å². The minimum absolute atomic E-state index is 0.0300. The molecule has 3 rings (SSSR count). The monoisotopic (exact) mass is 340 g/mol. The van der Waals surface area contributed by atoms with Gasteiger partial charge in [-0.2, -0.15) is 5.10 Å². The molecule has 0 radical (unpaired) electrons. The Morgan fingerprint density at radius 3 is 3.12 bits per heavy atom. The lowest BCUT2D eigenvalue weighted by molar-refractivity contribution is 0.194. The van der Waals surface area contributed by atoms with Gasteiger partial charge in [-0.15, -0.1) is 0 Å². The van der Waals surface area contributed by atoms with Crippen LogP contribution in [0.25, 0.3) is 5.69 Å². The van der Waals surface area contributed by atoms with Gasteiger partial charge in [-0.3, -0.25) is 0 Å². The summed E-state index contributed by atoms with van der Waals surface area (Å²) < 4.78 is 7.02. The van der Waals surface area contributed by atoms with E-state index in [1.807, 2.05) is 35.4 Å². The number of benzene rings is 1. The number of hydrogen-bond acceptors (Lipinski definition) is 3. The van der Waals surface area contributed by atoms with Gasteiger partial charge in [0.15, 0.2) is 0 Å². The number of ether oxygens (including phenoxy) is 1. The van der Waals surface area contributed by atoms with Crippen LogP contribution >= 0.6 is 0 Å². The summed E-state index contributed by atoms with van der Waals surface area (Å²) in [5.41, 5.74) is 1.87. The van der Waals surface area contributed by atoms with Crippen molar-refractivity contribution in [1.29, 1.82) is 0 Å². The first-order valence-corrected chi connectivity index (χ1v) is 8.60. The average Bonchev–Trinajstić information content (AvgIpc) is 3.29. The van der Waals surface area contributed by atoms with E-state index in [1.54, 1.807) is 18.0 Å². The fourth-order valence-electron chi connectivity index (χ4n) is 2.98. The van der Waals surface area contributed by atoms with E-state index in [4.69, 9.17) is 4.74 Å². The lowest BCUT2D eigenvalue weighted by atomic mass is 10.2. The minimum atomic E-state index is -0.0300. The Hall–Kier alpha value is -2.76. The van der Waals surface area contributed by atoms with Crippen molar-refractivity contribution in [3.8, 4) is 11.4 Å². The summed E-state index contributed by atoms with van der Waals surface area (Å²) in [5, 5.41) is 7.35. The fraction of sp³-hybridized carbons (Fsp3) is 0.368. The quantitative estimate of drug-likeness (QED) is 0.822. The van der Waals surface area contributed by atoms with E-state index in [0.717, 1.165) is 29.8 Å². The molecule has 0 fully saturated rings. The van der Waals surface area contributed by atoms with Gasteiger partial charge in [0.2, 0.25) is 0 Å². The maximum absolute atomic E-state index is 12.4.